The van der Waals surface area contributed by atoms with Gasteiger partial charge in [-0.25, -0.2) is 0 Å². The van der Waals surface area contributed by atoms with E-state index in [0.29, 0.717) is 25.9 Å². The molecule has 59 heavy (non-hydrogen) atoms. The number of hydrogen-bond donors (Lipinski definition) is 3. The summed E-state index contributed by atoms with van der Waals surface area (Å²) in [5, 5.41) is 23.1. The molecule has 0 aliphatic rings. The van der Waals surface area contributed by atoms with E-state index in [1.165, 1.54) is 212 Å². The zero-order chi connectivity index (χ0) is 43.0. The average Bonchev–Trinajstić information content (AvgIpc) is 3.24. The SMILES string of the molecule is CCCCCCCC/C=C\CCCCCCCC(=O)OCCCCCCCCCCCCCCCCCCC(=O)NC(CO)C(O)CCCCCCCCCCCCC. The first-order chi connectivity index (χ1) is 29.0. The monoisotopic (exact) mass is 834 g/mol. The third-order valence-electron chi connectivity index (χ3n) is 12.3. The molecule has 0 bridgehead atoms. The Kier molecular flexibility index (Phi) is 48.1. The lowest BCUT2D eigenvalue weighted by Crippen LogP contribution is -2.45. The van der Waals surface area contributed by atoms with E-state index in [4.69, 9.17) is 4.74 Å². The number of unbranched alkanes of at least 4 members (excludes halogenated alkanes) is 36. The molecule has 350 valence electrons. The first kappa shape index (κ1) is 57.6. The fraction of sp³-hybridized carbons (Fsp3) is 0.925. The van der Waals surface area contributed by atoms with Gasteiger partial charge in [0.2, 0.25) is 5.91 Å². The Bertz CT molecular complexity index is 878. The van der Waals surface area contributed by atoms with Gasteiger partial charge in [-0.3, -0.25) is 9.59 Å². The van der Waals surface area contributed by atoms with Crippen molar-refractivity contribution in [1.82, 2.24) is 5.32 Å². The van der Waals surface area contributed by atoms with E-state index in [0.717, 1.165) is 44.9 Å². The van der Waals surface area contributed by atoms with Gasteiger partial charge in [-0.05, 0) is 51.4 Å². The van der Waals surface area contributed by atoms with Crippen molar-refractivity contribution in [3.05, 3.63) is 12.2 Å². The molecule has 2 atom stereocenters. The van der Waals surface area contributed by atoms with E-state index in [1.54, 1.807) is 0 Å². The molecule has 0 aromatic carbocycles. The number of rotatable bonds is 49. The van der Waals surface area contributed by atoms with Gasteiger partial charge in [-0.1, -0.05) is 238 Å². The highest BCUT2D eigenvalue weighted by atomic mass is 16.5. The number of amides is 1. The van der Waals surface area contributed by atoms with E-state index in [1.807, 2.05) is 0 Å². The number of nitrogens with one attached hydrogen (secondary N) is 1. The molecule has 6 heteroatoms. The maximum absolute atomic E-state index is 12.4. The third kappa shape index (κ3) is 45.9. The van der Waals surface area contributed by atoms with Crippen molar-refractivity contribution in [2.75, 3.05) is 13.2 Å². The molecule has 0 rings (SSSR count). The smallest absolute Gasteiger partial charge is 0.305 e. The van der Waals surface area contributed by atoms with Crippen molar-refractivity contribution in [2.45, 2.75) is 302 Å². The van der Waals surface area contributed by atoms with Crippen LogP contribution < -0.4 is 5.32 Å². The summed E-state index contributed by atoms with van der Waals surface area (Å²) in [5.74, 6) is -0.0471. The molecule has 0 aliphatic carbocycles. The maximum Gasteiger partial charge on any atom is 0.305 e. The number of esters is 1. The van der Waals surface area contributed by atoms with Crippen LogP contribution in [-0.4, -0.2) is 47.4 Å². The second-order valence-corrected chi connectivity index (χ2v) is 18.2. The highest BCUT2D eigenvalue weighted by molar-refractivity contribution is 5.76. The molecular weight excluding hydrogens is 731 g/mol. The molecule has 2 unspecified atom stereocenters. The average molecular weight is 834 g/mol. The first-order valence-corrected chi connectivity index (χ1v) is 26.4. The summed E-state index contributed by atoms with van der Waals surface area (Å²) in [6, 6.07) is -0.544. The van der Waals surface area contributed by atoms with Crippen molar-refractivity contribution >= 4 is 11.9 Å². The minimum Gasteiger partial charge on any atom is -0.466 e. The number of allylic oxidation sites excluding steroid dienone is 2. The molecule has 0 spiro atoms. The van der Waals surface area contributed by atoms with Crippen molar-refractivity contribution in [3.63, 3.8) is 0 Å². The molecular formula is C53H103NO5. The van der Waals surface area contributed by atoms with Crippen LogP contribution in [0, 0.1) is 0 Å². The van der Waals surface area contributed by atoms with Crippen molar-refractivity contribution in [2.24, 2.45) is 0 Å². The van der Waals surface area contributed by atoms with Crippen LogP contribution in [0.3, 0.4) is 0 Å². The molecule has 0 saturated heterocycles. The first-order valence-electron chi connectivity index (χ1n) is 26.4. The minimum absolute atomic E-state index is 0.00466. The van der Waals surface area contributed by atoms with Gasteiger partial charge >= 0.3 is 5.97 Å². The van der Waals surface area contributed by atoms with Crippen LogP contribution in [0.4, 0.5) is 0 Å². The van der Waals surface area contributed by atoms with Gasteiger partial charge in [-0.2, -0.15) is 0 Å². The number of hydrogen-bond acceptors (Lipinski definition) is 5. The Hall–Kier alpha value is -1.40. The largest absolute Gasteiger partial charge is 0.466 e. The van der Waals surface area contributed by atoms with Crippen LogP contribution in [0.25, 0.3) is 0 Å². The van der Waals surface area contributed by atoms with E-state index < -0.39 is 12.1 Å². The fourth-order valence-corrected chi connectivity index (χ4v) is 8.22. The zero-order valence-electron chi connectivity index (χ0n) is 39.7. The van der Waals surface area contributed by atoms with Crippen LogP contribution in [0.5, 0.6) is 0 Å². The lowest BCUT2D eigenvalue weighted by atomic mass is 10.0. The van der Waals surface area contributed by atoms with Crippen LogP contribution in [0.1, 0.15) is 290 Å². The minimum atomic E-state index is -0.666. The Labute approximate surface area is 368 Å². The lowest BCUT2D eigenvalue weighted by Gasteiger charge is -2.22. The van der Waals surface area contributed by atoms with Gasteiger partial charge < -0.3 is 20.3 Å². The van der Waals surface area contributed by atoms with Gasteiger partial charge in [-0.15, -0.1) is 0 Å². The summed E-state index contributed by atoms with van der Waals surface area (Å²) >= 11 is 0. The van der Waals surface area contributed by atoms with Crippen LogP contribution in [-0.2, 0) is 14.3 Å². The van der Waals surface area contributed by atoms with Gasteiger partial charge in [0.15, 0.2) is 0 Å². The molecule has 0 aromatic heterocycles. The standard InChI is InChI=1S/C53H103NO5/c1-3-5-7-9-11-13-15-16-19-23-27-31-35-39-43-47-53(58)59-48-44-40-36-32-28-24-21-18-17-20-22-26-30-34-38-42-46-52(57)54-50(49-55)51(56)45-41-37-33-29-25-14-12-10-8-6-4-2/h16,19,50-51,55-56H,3-15,17-18,20-49H2,1-2H3,(H,54,57)/b19-16-. The molecule has 0 aliphatic heterocycles. The third-order valence-corrected chi connectivity index (χ3v) is 12.3. The summed E-state index contributed by atoms with van der Waals surface area (Å²) in [4.78, 5) is 24.4. The quantitative estimate of drug-likeness (QED) is 0.0322. The second kappa shape index (κ2) is 49.3. The molecule has 0 saturated carbocycles. The van der Waals surface area contributed by atoms with Gasteiger partial charge in [0.05, 0.1) is 25.4 Å². The Balaban J connectivity index is 3.40. The molecule has 6 nitrogen and oxygen atoms in total. The Morgan fingerprint density at radius 1 is 0.458 bits per heavy atom. The van der Waals surface area contributed by atoms with Crippen molar-refractivity contribution in [3.8, 4) is 0 Å². The Morgan fingerprint density at radius 3 is 1.20 bits per heavy atom. The maximum atomic E-state index is 12.4. The summed E-state index contributed by atoms with van der Waals surface area (Å²) in [5.41, 5.74) is 0. The Morgan fingerprint density at radius 2 is 0.797 bits per heavy atom. The highest BCUT2D eigenvalue weighted by Crippen LogP contribution is 2.17. The highest BCUT2D eigenvalue weighted by Gasteiger charge is 2.20. The molecule has 0 heterocycles. The van der Waals surface area contributed by atoms with Crippen molar-refractivity contribution in [1.29, 1.82) is 0 Å². The van der Waals surface area contributed by atoms with Crippen molar-refractivity contribution < 1.29 is 24.5 Å². The van der Waals surface area contributed by atoms with Crippen LogP contribution in [0.15, 0.2) is 12.2 Å². The molecule has 1 amide bonds. The van der Waals surface area contributed by atoms with Gasteiger partial charge in [0.25, 0.3) is 0 Å². The zero-order valence-corrected chi connectivity index (χ0v) is 39.7. The van der Waals surface area contributed by atoms with Crippen LogP contribution >= 0.6 is 0 Å². The van der Waals surface area contributed by atoms with E-state index in [2.05, 4.69) is 31.3 Å². The summed E-state index contributed by atoms with van der Waals surface area (Å²) < 4.78 is 5.47. The van der Waals surface area contributed by atoms with Crippen LogP contribution in [0.2, 0.25) is 0 Å². The number of ether oxygens (including phenoxy) is 1. The lowest BCUT2D eigenvalue weighted by molar-refractivity contribution is -0.143. The number of carbonyl (C=O) groups excluding carboxylic acids is 2. The van der Waals surface area contributed by atoms with Gasteiger partial charge in [0, 0.05) is 12.8 Å². The predicted molar refractivity (Wildman–Crippen MR) is 255 cm³/mol. The summed E-state index contributed by atoms with van der Waals surface area (Å²) in [7, 11) is 0. The topological polar surface area (TPSA) is 95.9 Å². The molecule has 0 fully saturated rings. The molecule has 0 aromatic rings. The fourth-order valence-electron chi connectivity index (χ4n) is 8.22. The van der Waals surface area contributed by atoms with E-state index >= 15 is 0 Å². The predicted octanol–water partition coefficient (Wildman–Crippen LogP) is 15.7. The number of aliphatic hydroxyl groups is 2. The number of aliphatic hydroxyl groups excluding tert-OH is 2. The molecule has 0 radical (unpaired) electrons. The van der Waals surface area contributed by atoms with E-state index in [9.17, 15) is 19.8 Å². The van der Waals surface area contributed by atoms with Gasteiger partial charge in [0.1, 0.15) is 0 Å². The molecule has 3 N–H and O–H groups in total. The summed E-state index contributed by atoms with van der Waals surface area (Å²) in [6.45, 7) is 4.93. The summed E-state index contributed by atoms with van der Waals surface area (Å²) in [6.07, 6.45) is 56.1. The van der Waals surface area contributed by atoms with E-state index in [-0.39, 0.29) is 18.5 Å². The normalized spacial score (nSPS) is 12.7. The number of carbonyl (C=O) groups is 2. The second-order valence-electron chi connectivity index (χ2n) is 18.2.